The highest BCUT2D eigenvalue weighted by Gasteiger charge is 2.23. The zero-order valence-corrected chi connectivity index (χ0v) is 13.6. The summed E-state index contributed by atoms with van der Waals surface area (Å²) in [5, 5.41) is 11.2. The summed E-state index contributed by atoms with van der Waals surface area (Å²) in [5.41, 5.74) is 0.403. The molecule has 1 rings (SSSR count). The second-order valence-electron chi connectivity index (χ2n) is 4.22. The lowest BCUT2D eigenvalue weighted by molar-refractivity contribution is -0.146. The third kappa shape index (κ3) is 6.11. The molecule has 0 aliphatic rings. The van der Waals surface area contributed by atoms with E-state index >= 15 is 0 Å². The molecule has 114 valence electrons. The average molecular weight is 405 g/mol. The molecular weight excluding hydrogens is 389 g/mol. The maximum atomic E-state index is 12.1. The monoisotopic (exact) mass is 405 g/mol. The number of carboxylic acids is 1. The summed E-state index contributed by atoms with van der Waals surface area (Å²) in [4.78, 5) is 34.4. The van der Waals surface area contributed by atoms with E-state index in [1.807, 2.05) is 0 Å². The minimum Gasteiger partial charge on any atom is -0.481 e. The van der Waals surface area contributed by atoms with E-state index in [1.165, 1.54) is 0 Å². The maximum Gasteiger partial charge on any atom is 0.328 e. The van der Waals surface area contributed by atoms with Crippen LogP contribution in [0.2, 0.25) is 0 Å². The highest BCUT2D eigenvalue weighted by molar-refractivity contribution is 14.1. The number of hydrogen-bond donors (Lipinski definition) is 2. The van der Waals surface area contributed by atoms with Crippen molar-refractivity contribution >= 4 is 40.4 Å². The first kappa shape index (κ1) is 17.4. The van der Waals surface area contributed by atoms with Crippen molar-refractivity contribution < 1.29 is 24.2 Å². The van der Waals surface area contributed by atoms with E-state index in [0.29, 0.717) is 5.56 Å². The van der Waals surface area contributed by atoms with Gasteiger partial charge in [0, 0.05) is 15.6 Å². The molecule has 0 heterocycles. The van der Waals surface area contributed by atoms with Crippen LogP contribution in [-0.4, -0.2) is 35.6 Å². The Kier molecular flexibility index (Phi) is 7.13. The van der Waals surface area contributed by atoms with Crippen molar-refractivity contribution in [2.75, 3.05) is 6.61 Å². The third-order valence-corrected chi connectivity index (χ3v) is 3.35. The predicted octanol–water partition coefficient (Wildman–Crippen LogP) is 1.82. The molecule has 0 aromatic heterocycles. The standard InChI is InChI=1S/C14H16INO5/c1-2-21-14(20)11(7-8-12(17)18)16-13(19)9-3-5-10(15)6-4-9/h3-6,11H,2,7-8H2,1H3,(H,16,19)(H,17,18)/t11-/m0/s1. The molecule has 0 aliphatic heterocycles. The van der Waals surface area contributed by atoms with Crippen LogP contribution in [0.15, 0.2) is 24.3 Å². The van der Waals surface area contributed by atoms with Gasteiger partial charge in [-0.25, -0.2) is 4.79 Å². The van der Waals surface area contributed by atoms with E-state index in [1.54, 1.807) is 31.2 Å². The fourth-order valence-corrected chi connectivity index (χ4v) is 1.96. The van der Waals surface area contributed by atoms with Crippen LogP contribution in [0.25, 0.3) is 0 Å². The normalized spacial score (nSPS) is 11.5. The number of ether oxygens (including phenoxy) is 1. The number of rotatable bonds is 7. The molecule has 21 heavy (non-hydrogen) atoms. The molecule has 2 N–H and O–H groups in total. The molecule has 0 fully saturated rings. The molecule has 0 radical (unpaired) electrons. The van der Waals surface area contributed by atoms with Crippen molar-refractivity contribution in [3.05, 3.63) is 33.4 Å². The second kappa shape index (κ2) is 8.60. The molecule has 1 amide bonds. The van der Waals surface area contributed by atoms with Gasteiger partial charge in [0.1, 0.15) is 6.04 Å². The Labute approximate surface area is 136 Å². The van der Waals surface area contributed by atoms with Crippen molar-refractivity contribution in [3.63, 3.8) is 0 Å². The number of carbonyl (C=O) groups is 3. The zero-order valence-electron chi connectivity index (χ0n) is 11.5. The number of hydrogen-bond acceptors (Lipinski definition) is 4. The van der Waals surface area contributed by atoms with Crippen LogP contribution in [0.4, 0.5) is 0 Å². The molecule has 0 spiro atoms. The number of benzene rings is 1. The summed E-state index contributed by atoms with van der Waals surface area (Å²) in [6.45, 7) is 1.81. The highest BCUT2D eigenvalue weighted by Crippen LogP contribution is 2.08. The summed E-state index contributed by atoms with van der Waals surface area (Å²) >= 11 is 2.12. The molecule has 1 aromatic carbocycles. The summed E-state index contributed by atoms with van der Waals surface area (Å²) in [5.74, 6) is -2.10. The van der Waals surface area contributed by atoms with Gasteiger partial charge in [-0.1, -0.05) is 0 Å². The summed E-state index contributed by atoms with van der Waals surface area (Å²) in [6, 6.07) is 5.85. The first-order valence-corrected chi connectivity index (χ1v) is 7.46. The molecule has 0 saturated heterocycles. The topological polar surface area (TPSA) is 92.7 Å². The molecule has 1 aromatic rings. The first-order valence-electron chi connectivity index (χ1n) is 6.39. The SMILES string of the molecule is CCOC(=O)[C@H](CCC(=O)O)NC(=O)c1ccc(I)cc1. The van der Waals surface area contributed by atoms with Crippen LogP contribution in [0.3, 0.4) is 0 Å². The van der Waals surface area contributed by atoms with Gasteiger partial charge in [-0.3, -0.25) is 9.59 Å². The molecule has 0 unspecified atom stereocenters. The Hall–Kier alpha value is -1.64. The summed E-state index contributed by atoms with van der Waals surface area (Å²) in [6.07, 6.45) is -0.235. The van der Waals surface area contributed by atoms with Gasteiger partial charge in [0.05, 0.1) is 6.61 Å². The molecule has 0 aliphatic carbocycles. The molecular formula is C14H16INO5. The van der Waals surface area contributed by atoms with E-state index < -0.39 is 23.9 Å². The van der Waals surface area contributed by atoms with Crippen molar-refractivity contribution in [1.82, 2.24) is 5.32 Å². The summed E-state index contributed by atoms with van der Waals surface area (Å²) < 4.78 is 5.83. The van der Waals surface area contributed by atoms with E-state index in [-0.39, 0.29) is 19.4 Å². The van der Waals surface area contributed by atoms with Crippen LogP contribution >= 0.6 is 22.6 Å². The van der Waals surface area contributed by atoms with Gasteiger partial charge in [0.2, 0.25) is 0 Å². The predicted molar refractivity (Wildman–Crippen MR) is 83.9 cm³/mol. The third-order valence-electron chi connectivity index (χ3n) is 2.63. The Morgan fingerprint density at radius 3 is 2.43 bits per heavy atom. The average Bonchev–Trinajstić information content (AvgIpc) is 2.43. The van der Waals surface area contributed by atoms with Crippen molar-refractivity contribution in [2.24, 2.45) is 0 Å². The number of halogens is 1. The molecule has 7 heteroatoms. The number of carboxylic acid groups (broad SMARTS) is 1. The van der Waals surface area contributed by atoms with E-state index in [2.05, 4.69) is 27.9 Å². The Bertz CT molecular complexity index is 515. The largest absolute Gasteiger partial charge is 0.481 e. The number of carbonyl (C=O) groups excluding carboxylic acids is 2. The lowest BCUT2D eigenvalue weighted by Crippen LogP contribution is -2.42. The van der Waals surface area contributed by atoms with Crippen molar-refractivity contribution in [3.8, 4) is 0 Å². The van der Waals surface area contributed by atoms with Gasteiger partial charge < -0.3 is 15.2 Å². The van der Waals surface area contributed by atoms with Crippen LogP contribution in [0.1, 0.15) is 30.1 Å². The lowest BCUT2D eigenvalue weighted by atomic mass is 10.1. The quantitative estimate of drug-likeness (QED) is 0.534. The number of esters is 1. The van der Waals surface area contributed by atoms with Crippen LogP contribution < -0.4 is 5.32 Å². The lowest BCUT2D eigenvalue weighted by Gasteiger charge is -2.16. The second-order valence-corrected chi connectivity index (χ2v) is 5.46. The van der Waals surface area contributed by atoms with E-state index in [9.17, 15) is 14.4 Å². The minimum atomic E-state index is -1.03. The number of amides is 1. The molecule has 0 saturated carbocycles. The van der Waals surface area contributed by atoms with Crippen LogP contribution in [-0.2, 0) is 14.3 Å². The smallest absolute Gasteiger partial charge is 0.328 e. The zero-order chi connectivity index (χ0) is 15.8. The van der Waals surface area contributed by atoms with Gasteiger partial charge in [-0.15, -0.1) is 0 Å². The summed E-state index contributed by atoms with van der Waals surface area (Å²) in [7, 11) is 0. The molecule has 1 atom stereocenters. The van der Waals surface area contributed by atoms with Gasteiger partial charge in [0.15, 0.2) is 0 Å². The number of aliphatic carboxylic acids is 1. The van der Waals surface area contributed by atoms with Gasteiger partial charge in [0.25, 0.3) is 5.91 Å². The molecule has 0 bridgehead atoms. The van der Waals surface area contributed by atoms with Crippen molar-refractivity contribution in [1.29, 1.82) is 0 Å². The van der Waals surface area contributed by atoms with E-state index in [0.717, 1.165) is 3.57 Å². The van der Waals surface area contributed by atoms with Gasteiger partial charge in [-0.2, -0.15) is 0 Å². The van der Waals surface area contributed by atoms with Gasteiger partial charge in [-0.05, 0) is 60.2 Å². The van der Waals surface area contributed by atoms with Gasteiger partial charge >= 0.3 is 11.9 Å². The molecule has 6 nitrogen and oxygen atoms in total. The van der Waals surface area contributed by atoms with Crippen LogP contribution in [0.5, 0.6) is 0 Å². The Morgan fingerprint density at radius 2 is 1.90 bits per heavy atom. The Balaban J connectivity index is 2.74. The van der Waals surface area contributed by atoms with Crippen LogP contribution in [0, 0.1) is 3.57 Å². The Morgan fingerprint density at radius 1 is 1.29 bits per heavy atom. The fourth-order valence-electron chi connectivity index (χ4n) is 1.60. The fraction of sp³-hybridized carbons (Fsp3) is 0.357. The highest BCUT2D eigenvalue weighted by atomic mass is 127. The van der Waals surface area contributed by atoms with Crippen molar-refractivity contribution in [2.45, 2.75) is 25.8 Å². The first-order chi connectivity index (χ1) is 9.93. The maximum absolute atomic E-state index is 12.1. The number of nitrogens with one attached hydrogen (secondary N) is 1. The van der Waals surface area contributed by atoms with E-state index in [4.69, 9.17) is 9.84 Å². The minimum absolute atomic E-state index is 0.00965.